The Balaban J connectivity index is 1.99. The number of fused-ring (bicyclic) bond motifs is 1. The second-order valence-electron chi connectivity index (χ2n) is 4.41. The van der Waals surface area contributed by atoms with Crippen molar-refractivity contribution in [2.75, 3.05) is 0 Å². The maximum atomic E-state index is 9.20. The van der Waals surface area contributed by atoms with E-state index in [9.17, 15) is 5.11 Å². The van der Waals surface area contributed by atoms with Gasteiger partial charge in [0.15, 0.2) is 12.2 Å². The SMILES string of the molecule is OCc1ncoc1-c1cc2c(s1)CCCCC2. The molecular weight excluding hydrogens is 234 g/mol. The van der Waals surface area contributed by atoms with Crippen molar-refractivity contribution in [2.45, 2.75) is 38.7 Å². The molecule has 3 rings (SSSR count). The van der Waals surface area contributed by atoms with Crippen LogP contribution in [0, 0.1) is 0 Å². The Morgan fingerprint density at radius 1 is 1.29 bits per heavy atom. The molecule has 0 saturated carbocycles. The number of hydrogen-bond donors (Lipinski definition) is 1. The molecule has 3 nitrogen and oxygen atoms in total. The number of rotatable bonds is 2. The van der Waals surface area contributed by atoms with E-state index in [1.807, 2.05) is 0 Å². The molecule has 0 fully saturated rings. The first-order chi connectivity index (χ1) is 8.38. The number of nitrogens with zero attached hydrogens (tertiary/aromatic N) is 1. The Kier molecular flexibility index (Phi) is 2.99. The molecule has 0 spiro atoms. The topological polar surface area (TPSA) is 46.3 Å². The number of hydrogen-bond acceptors (Lipinski definition) is 4. The Hall–Kier alpha value is -1.13. The average Bonchev–Trinajstić information content (AvgIpc) is 2.91. The van der Waals surface area contributed by atoms with Crippen LogP contribution in [0.15, 0.2) is 16.9 Å². The first kappa shape index (κ1) is 11.0. The van der Waals surface area contributed by atoms with Crippen LogP contribution in [0.5, 0.6) is 0 Å². The van der Waals surface area contributed by atoms with Crippen molar-refractivity contribution in [3.05, 3.63) is 28.6 Å². The summed E-state index contributed by atoms with van der Waals surface area (Å²) < 4.78 is 5.39. The van der Waals surface area contributed by atoms with E-state index < -0.39 is 0 Å². The first-order valence-corrected chi connectivity index (χ1v) is 6.85. The minimum atomic E-state index is -0.0611. The van der Waals surface area contributed by atoms with Crippen LogP contribution >= 0.6 is 11.3 Å². The van der Waals surface area contributed by atoms with Crippen LogP contribution in [0.3, 0.4) is 0 Å². The van der Waals surface area contributed by atoms with Gasteiger partial charge in [0, 0.05) is 4.88 Å². The molecule has 4 heteroatoms. The summed E-state index contributed by atoms with van der Waals surface area (Å²) in [7, 11) is 0. The highest BCUT2D eigenvalue weighted by Crippen LogP contribution is 2.36. The molecule has 0 saturated heterocycles. The third-order valence-corrected chi connectivity index (χ3v) is 4.50. The molecule has 1 aliphatic rings. The highest BCUT2D eigenvalue weighted by molar-refractivity contribution is 7.15. The van der Waals surface area contributed by atoms with Crippen LogP contribution in [0.25, 0.3) is 10.6 Å². The van der Waals surface area contributed by atoms with Gasteiger partial charge in [-0.3, -0.25) is 0 Å². The number of aliphatic hydroxyl groups is 1. The molecule has 2 heterocycles. The zero-order valence-electron chi connectivity index (χ0n) is 9.61. The molecule has 2 aromatic rings. The second kappa shape index (κ2) is 4.63. The minimum absolute atomic E-state index is 0.0611. The van der Waals surface area contributed by atoms with Crippen LogP contribution in [0.4, 0.5) is 0 Å². The van der Waals surface area contributed by atoms with Gasteiger partial charge >= 0.3 is 0 Å². The van der Waals surface area contributed by atoms with Crippen LogP contribution in [-0.4, -0.2) is 10.1 Å². The summed E-state index contributed by atoms with van der Waals surface area (Å²) >= 11 is 1.79. The number of oxazole rings is 1. The molecule has 17 heavy (non-hydrogen) atoms. The summed E-state index contributed by atoms with van der Waals surface area (Å²) in [6.45, 7) is -0.0611. The van der Waals surface area contributed by atoms with Crippen molar-refractivity contribution < 1.29 is 9.52 Å². The smallest absolute Gasteiger partial charge is 0.181 e. The average molecular weight is 249 g/mol. The fourth-order valence-corrected chi connectivity index (χ4v) is 3.63. The maximum Gasteiger partial charge on any atom is 0.181 e. The van der Waals surface area contributed by atoms with E-state index in [-0.39, 0.29) is 6.61 Å². The molecule has 0 atom stereocenters. The first-order valence-electron chi connectivity index (χ1n) is 6.03. The number of aromatic nitrogens is 1. The Labute approximate surface area is 104 Å². The van der Waals surface area contributed by atoms with Gasteiger partial charge in [-0.2, -0.15) is 0 Å². The van der Waals surface area contributed by atoms with Crippen LogP contribution in [-0.2, 0) is 19.4 Å². The third-order valence-electron chi connectivity index (χ3n) is 3.26. The van der Waals surface area contributed by atoms with Gasteiger partial charge in [-0.05, 0) is 37.3 Å². The molecule has 90 valence electrons. The summed E-state index contributed by atoms with van der Waals surface area (Å²) in [6.07, 6.45) is 7.67. The second-order valence-corrected chi connectivity index (χ2v) is 5.54. The van der Waals surface area contributed by atoms with Crippen molar-refractivity contribution in [3.63, 3.8) is 0 Å². The van der Waals surface area contributed by atoms with Gasteiger partial charge in [0.2, 0.25) is 0 Å². The molecule has 0 amide bonds. The summed E-state index contributed by atoms with van der Waals surface area (Å²) in [5, 5.41) is 9.20. The van der Waals surface area contributed by atoms with Gasteiger partial charge in [-0.25, -0.2) is 4.98 Å². The molecule has 0 aromatic carbocycles. The van der Waals surface area contributed by atoms with Crippen LogP contribution in [0.1, 0.15) is 35.4 Å². The van der Waals surface area contributed by atoms with Gasteiger partial charge in [-0.15, -0.1) is 11.3 Å². The molecule has 0 radical (unpaired) electrons. The van der Waals surface area contributed by atoms with E-state index >= 15 is 0 Å². The lowest BCUT2D eigenvalue weighted by atomic mass is 10.1. The molecule has 0 bridgehead atoms. The predicted molar refractivity (Wildman–Crippen MR) is 67.0 cm³/mol. The lowest BCUT2D eigenvalue weighted by molar-refractivity contribution is 0.277. The molecule has 2 aromatic heterocycles. The fourth-order valence-electron chi connectivity index (χ4n) is 2.36. The zero-order chi connectivity index (χ0) is 11.7. The lowest BCUT2D eigenvalue weighted by Crippen LogP contribution is -1.84. The lowest BCUT2D eigenvalue weighted by Gasteiger charge is -1.94. The van der Waals surface area contributed by atoms with Gasteiger partial charge in [0.1, 0.15) is 5.69 Å². The van der Waals surface area contributed by atoms with Crippen molar-refractivity contribution >= 4 is 11.3 Å². The van der Waals surface area contributed by atoms with Gasteiger partial charge in [0.25, 0.3) is 0 Å². The van der Waals surface area contributed by atoms with E-state index in [4.69, 9.17) is 4.42 Å². The monoisotopic (exact) mass is 249 g/mol. The number of aliphatic hydroxyl groups excluding tert-OH is 1. The number of aryl methyl sites for hydroxylation is 2. The zero-order valence-corrected chi connectivity index (χ0v) is 10.4. The van der Waals surface area contributed by atoms with E-state index in [1.54, 1.807) is 11.3 Å². The summed E-state index contributed by atoms with van der Waals surface area (Å²) in [5.74, 6) is 0.741. The van der Waals surface area contributed by atoms with Crippen LogP contribution < -0.4 is 0 Å². The third kappa shape index (κ3) is 2.03. The Morgan fingerprint density at radius 2 is 2.18 bits per heavy atom. The van der Waals surface area contributed by atoms with Gasteiger partial charge in [0.05, 0.1) is 11.5 Å². The van der Waals surface area contributed by atoms with Gasteiger partial charge < -0.3 is 9.52 Å². The highest BCUT2D eigenvalue weighted by atomic mass is 32.1. The van der Waals surface area contributed by atoms with Crippen molar-refractivity contribution in [1.29, 1.82) is 0 Å². The highest BCUT2D eigenvalue weighted by Gasteiger charge is 2.17. The number of thiophene rings is 1. The van der Waals surface area contributed by atoms with Crippen molar-refractivity contribution in [2.24, 2.45) is 0 Å². The van der Waals surface area contributed by atoms with Crippen molar-refractivity contribution in [1.82, 2.24) is 4.98 Å². The van der Waals surface area contributed by atoms with E-state index in [0.717, 1.165) is 10.6 Å². The van der Waals surface area contributed by atoms with Crippen molar-refractivity contribution in [3.8, 4) is 10.6 Å². The molecule has 0 unspecified atom stereocenters. The largest absolute Gasteiger partial charge is 0.442 e. The van der Waals surface area contributed by atoms with Crippen LogP contribution in [0.2, 0.25) is 0 Å². The Bertz CT molecular complexity index is 492. The van der Waals surface area contributed by atoms with E-state index in [0.29, 0.717) is 5.69 Å². The maximum absolute atomic E-state index is 9.20. The fraction of sp³-hybridized carbons (Fsp3) is 0.462. The minimum Gasteiger partial charge on any atom is -0.442 e. The standard InChI is InChI=1S/C13H15NO2S/c15-7-10-13(16-8-14-10)12-6-9-4-2-1-3-5-11(9)17-12/h6,8,15H,1-5,7H2. The molecular formula is C13H15NO2S. The summed E-state index contributed by atoms with van der Waals surface area (Å²) in [5.41, 5.74) is 2.10. The summed E-state index contributed by atoms with van der Waals surface area (Å²) in [6, 6.07) is 2.21. The molecule has 0 aliphatic heterocycles. The predicted octanol–water partition coefficient (Wildman–Crippen LogP) is 3.16. The molecule has 1 aliphatic carbocycles. The molecule has 1 N–H and O–H groups in total. The summed E-state index contributed by atoms with van der Waals surface area (Å²) in [4.78, 5) is 6.62. The van der Waals surface area contributed by atoms with Gasteiger partial charge in [-0.1, -0.05) is 6.42 Å². The normalized spacial score (nSPS) is 15.6. The Morgan fingerprint density at radius 3 is 3.06 bits per heavy atom. The quantitative estimate of drug-likeness (QED) is 0.831. The van der Waals surface area contributed by atoms with E-state index in [1.165, 1.54) is 48.9 Å². The van der Waals surface area contributed by atoms with E-state index in [2.05, 4.69) is 11.1 Å².